The fourth-order valence-corrected chi connectivity index (χ4v) is 2.09. The van der Waals surface area contributed by atoms with E-state index in [1.165, 1.54) is 9.36 Å². The van der Waals surface area contributed by atoms with Crippen molar-refractivity contribution in [2.75, 3.05) is 33.4 Å². The van der Waals surface area contributed by atoms with Gasteiger partial charge in [-0.15, -0.1) is 4.68 Å². The first-order valence-electron chi connectivity index (χ1n) is 6.63. The first-order chi connectivity index (χ1) is 10.3. The SMILES string of the molecule is COc1cccc(-[n+]2cn(C(=O)N3CCOCC3)nn2)c1. The number of carbonyl (C=O) groups excluding carboxylic acids is 1. The summed E-state index contributed by atoms with van der Waals surface area (Å²) in [4.78, 5) is 13.9. The van der Waals surface area contributed by atoms with Gasteiger partial charge < -0.3 is 14.4 Å². The van der Waals surface area contributed by atoms with Gasteiger partial charge in [0.15, 0.2) is 5.21 Å². The average molecular weight is 290 g/mol. The maximum atomic E-state index is 12.3. The third-order valence-corrected chi connectivity index (χ3v) is 3.25. The predicted octanol–water partition coefficient (Wildman–Crippen LogP) is -0.136. The number of aromatic nitrogens is 4. The van der Waals surface area contributed by atoms with Gasteiger partial charge in [-0.25, -0.2) is 4.79 Å². The molecule has 1 aliphatic heterocycles. The quantitative estimate of drug-likeness (QED) is 0.569. The molecule has 0 bridgehead atoms. The minimum Gasteiger partial charge on any atom is -0.497 e. The molecule has 8 heteroatoms. The molecule has 1 aliphatic rings. The van der Waals surface area contributed by atoms with E-state index in [1.807, 2.05) is 24.3 Å². The highest BCUT2D eigenvalue weighted by Gasteiger charge is 2.25. The first-order valence-corrected chi connectivity index (χ1v) is 6.63. The number of amides is 1. The maximum absolute atomic E-state index is 12.3. The third-order valence-electron chi connectivity index (χ3n) is 3.25. The van der Waals surface area contributed by atoms with E-state index in [4.69, 9.17) is 9.47 Å². The molecule has 3 rings (SSSR count). The summed E-state index contributed by atoms with van der Waals surface area (Å²) in [5.41, 5.74) is 0.773. The topological polar surface area (TPSA) is 73.4 Å². The van der Waals surface area contributed by atoms with E-state index in [-0.39, 0.29) is 6.03 Å². The summed E-state index contributed by atoms with van der Waals surface area (Å²) >= 11 is 0. The number of methoxy groups -OCH3 is 1. The van der Waals surface area contributed by atoms with Gasteiger partial charge in [0.05, 0.1) is 20.3 Å². The lowest BCUT2D eigenvalue weighted by Crippen LogP contribution is -2.43. The Kier molecular flexibility index (Phi) is 3.78. The van der Waals surface area contributed by atoms with Crippen molar-refractivity contribution in [3.63, 3.8) is 0 Å². The van der Waals surface area contributed by atoms with Crippen molar-refractivity contribution in [2.24, 2.45) is 0 Å². The maximum Gasteiger partial charge on any atom is 0.420 e. The molecule has 0 spiro atoms. The van der Waals surface area contributed by atoms with Crippen LogP contribution in [-0.2, 0) is 4.74 Å². The van der Waals surface area contributed by atoms with Crippen LogP contribution in [0.5, 0.6) is 5.75 Å². The van der Waals surface area contributed by atoms with E-state index in [9.17, 15) is 4.79 Å². The Hall–Kier alpha value is -2.48. The number of rotatable bonds is 2. The molecule has 0 unspecified atom stereocenters. The average Bonchev–Trinajstić information content (AvgIpc) is 3.05. The van der Waals surface area contributed by atoms with E-state index in [1.54, 1.807) is 18.3 Å². The van der Waals surface area contributed by atoms with Gasteiger partial charge >= 0.3 is 6.03 Å². The van der Waals surface area contributed by atoms with Crippen molar-refractivity contribution >= 4 is 6.03 Å². The summed E-state index contributed by atoms with van der Waals surface area (Å²) in [5, 5.41) is 7.85. The monoisotopic (exact) mass is 290 g/mol. The van der Waals surface area contributed by atoms with Crippen LogP contribution in [-0.4, -0.2) is 59.5 Å². The van der Waals surface area contributed by atoms with Gasteiger partial charge in [-0.2, -0.15) is 0 Å². The Morgan fingerprint density at radius 2 is 2.19 bits per heavy atom. The van der Waals surface area contributed by atoms with Crippen LogP contribution in [0.15, 0.2) is 30.6 Å². The number of nitrogens with zero attached hydrogens (tertiary/aromatic N) is 5. The van der Waals surface area contributed by atoms with Gasteiger partial charge in [-0.1, -0.05) is 6.07 Å². The summed E-state index contributed by atoms with van der Waals surface area (Å²) < 4.78 is 13.2. The fraction of sp³-hybridized carbons (Fsp3) is 0.385. The Labute approximate surface area is 121 Å². The second-order valence-corrected chi connectivity index (χ2v) is 4.57. The molecule has 1 aromatic carbocycles. The molecule has 21 heavy (non-hydrogen) atoms. The Balaban J connectivity index is 1.80. The highest BCUT2D eigenvalue weighted by atomic mass is 16.5. The molecule has 1 aromatic heterocycles. The second kappa shape index (κ2) is 5.88. The number of hydrogen-bond acceptors (Lipinski definition) is 5. The lowest BCUT2D eigenvalue weighted by molar-refractivity contribution is -0.660. The van der Waals surface area contributed by atoms with E-state index in [0.29, 0.717) is 32.1 Å². The van der Waals surface area contributed by atoms with Gasteiger partial charge in [0.1, 0.15) is 16.7 Å². The zero-order chi connectivity index (χ0) is 14.7. The van der Waals surface area contributed by atoms with Crippen molar-refractivity contribution in [2.45, 2.75) is 0 Å². The Bertz CT molecular complexity index is 636. The molecule has 0 radical (unpaired) electrons. The van der Waals surface area contributed by atoms with Crippen molar-refractivity contribution in [1.82, 2.24) is 20.0 Å². The van der Waals surface area contributed by atoms with Gasteiger partial charge in [-0.05, 0) is 16.8 Å². The van der Waals surface area contributed by atoms with E-state index >= 15 is 0 Å². The van der Waals surface area contributed by atoms with E-state index < -0.39 is 0 Å². The number of morpholine rings is 1. The molecular weight excluding hydrogens is 274 g/mol. The zero-order valence-corrected chi connectivity index (χ0v) is 11.7. The summed E-state index contributed by atoms with van der Waals surface area (Å²) in [6, 6.07) is 7.17. The van der Waals surface area contributed by atoms with Crippen LogP contribution >= 0.6 is 0 Å². The Morgan fingerprint density at radius 1 is 1.38 bits per heavy atom. The molecule has 1 fully saturated rings. The fourth-order valence-electron chi connectivity index (χ4n) is 2.09. The summed E-state index contributed by atoms with van der Waals surface area (Å²) in [7, 11) is 1.60. The summed E-state index contributed by atoms with van der Waals surface area (Å²) in [5.74, 6) is 0.717. The molecule has 1 amide bonds. The smallest absolute Gasteiger partial charge is 0.420 e. The van der Waals surface area contributed by atoms with Crippen LogP contribution in [0.3, 0.4) is 0 Å². The molecule has 0 atom stereocenters. The third kappa shape index (κ3) is 2.84. The van der Waals surface area contributed by atoms with Gasteiger partial charge in [0.2, 0.25) is 0 Å². The lowest BCUT2D eigenvalue weighted by Gasteiger charge is -2.23. The molecule has 0 aliphatic carbocycles. The zero-order valence-electron chi connectivity index (χ0n) is 11.7. The molecule has 110 valence electrons. The normalized spacial score (nSPS) is 15.0. The van der Waals surface area contributed by atoms with Crippen LogP contribution in [0, 0.1) is 0 Å². The van der Waals surface area contributed by atoms with Crippen molar-refractivity contribution in [3.05, 3.63) is 30.6 Å². The first kappa shape index (κ1) is 13.5. The second-order valence-electron chi connectivity index (χ2n) is 4.57. The van der Waals surface area contributed by atoms with Crippen molar-refractivity contribution in [3.8, 4) is 11.4 Å². The molecule has 1 saturated heterocycles. The molecule has 0 N–H and O–H groups in total. The number of benzene rings is 1. The van der Waals surface area contributed by atoms with Crippen molar-refractivity contribution < 1.29 is 19.0 Å². The highest BCUT2D eigenvalue weighted by molar-refractivity contribution is 5.75. The molecule has 0 saturated carbocycles. The minimum absolute atomic E-state index is 0.201. The van der Waals surface area contributed by atoms with E-state index in [2.05, 4.69) is 10.4 Å². The van der Waals surface area contributed by atoms with Crippen molar-refractivity contribution in [1.29, 1.82) is 0 Å². The predicted molar refractivity (Wildman–Crippen MR) is 71.3 cm³/mol. The number of carbonyl (C=O) groups is 1. The molecule has 8 nitrogen and oxygen atoms in total. The van der Waals surface area contributed by atoms with Gasteiger partial charge in [0.25, 0.3) is 6.33 Å². The summed E-state index contributed by atoms with van der Waals surface area (Å²) in [6.07, 6.45) is 1.55. The highest BCUT2D eigenvalue weighted by Crippen LogP contribution is 2.11. The van der Waals surface area contributed by atoms with Gasteiger partial charge in [0, 0.05) is 19.2 Å². The standard InChI is InChI=1S/C13H16N5O3/c1-20-12-4-2-3-11(9-12)17-10-18(15-14-17)13(19)16-5-7-21-8-6-16/h2-4,9-10H,5-8H2,1H3/q+1. The van der Waals surface area contributed by atoms with E-state index in [0.717, 1.165) is 5.69 Å². The number of ether oxygens (including phenoxy) is 2. The Morgan fingerprint density at radius 3 is 2.95 bits per heavy atom. The molecule has 2 heterocycles. The van der Waals surface area contributed by atoms with Crippen LogP contribution in [0.4, 0.5) is 4.79 Å². The number of tetrazole rings is 1. The van der Waals surface area contributed by atoms with Crippen LogP contribution < -0.4 is 9.42 Å². The lowest BCUT2D eigenvalue weighted by atomic mass is 10.3. The van der Waals surface area contributed by atoms with Crippen LogP contribution in [0.1, 0.15) is 0 Å². The minimum atomic E-state index is -0.201. The van der Waals surface area contributed by atoms with Crippen LogP contribution in [0.2, 0.25) is 0 Å². The molecule has 2 aromatic rings. The largest absolute Gasteiger partial charge is 0.497 e. The van der Waals surface area contributed by atoms with Gasteiger partial charge in [-0.3, -0.25) is 0 Å². The van der Waals surface area contributed by atoms with Crippen LogP contribution in [0.25, 0.3) is 5.69 Å². The molecular formula is C13H16N5O3+. The summed E-state index contributed by atoms with van der Waals surface area (Å²) in [6.45, 7) is 2.24. The number of hydrogen-bond donors (Lipinski definition) is 0.